The van der Waals surface area contributed by atoms with Crippen LogP contribution in [0, 0.1) is 19.7 Å². The van der Waals surface area contributed by atoms with E-state index in [1.54, 1.807) is 19.9 Å². The van der Waals surface area contributed by atoms with Gasteiger partial charge in [-0.2, -0.15) is 4.31 Å². The summed E-state index contributed by atoms with van der Waals surface area (Å²) in [7, 11) is -0.659. The molecular weight excluding hydrogens is 483 g/mol. The molecule has 0 fully saturated rings. The largest absolute Gasteiger partial charge is 0.490 e. The summed E-state index contributed by atoms with van der Waals surface area (Å²) in [6.07, 6.45) is 0. The average molecular weight is 513 g/mol. The van der Waals surface area contributed by atoms with Gasteiger partial charge in [-0.25, -0.2) is 12.8 Å². The summed E-state index contributed by atoms with van der Waals surface area (Å²) in [5, 5.41) is 10.5. The number of hydrogen-bond acceptors (Lipinski definition) is 5. The highest BCUT2D eigenvalue weighted by Gasteiger charge is 2.44. The van der Waals surface area contributed by atoms with Crippen molar-refractivity contribution < 1.29 is 27.4 Å². The fraction of sp³-hybridized carbons (Fsp3) is 0.458. The molecule has 0 bridgehead atoms. The number of benzene rings is 2. The Balaban J connectivity index is 2.19. The topological polar surface area (TPSA) is 87.2 Å². The predicted molar refractivity (Wildman–Crippen MR) is 129 cm³/mol. The predicted octanol–water partition coefficient (Wildman–Crippen LogP) is 4.36. The molecule has 0 aromatic heterocycles. The molecule has 186 valence electrons. The van der Waals surface area contributed by atoms with Gasteiger partial charge >= 0.3 is 5.97 Å². The standard InChI is InChI=1S/C24H30ClFN2O5S/c1-13-7-9-18(26)20(14(13)2)15(3)22(24(29)30)28-11-12-33-23-19(34(28,31)32)10-8-17(25)21(23)16(4)27(5)6/h7-10,15-16,22H,11-12H2,1-6H3,(H,29,30)/t15-,16?,22+/m1/s1. The van der Waals surface area contributed by atoms with Crippen LogP contribution < -0.4 is 4.74 Å². The van der Waals surface area contributed by atoms with Crippen LogP contribution in [0.1, 0.15) is 48.1 Å². The Morgan fingerprint density at radius 3 is 2.41 bits per heavy atom. The minimum absolute atomic E-state index is 0.0779. The lowest BCUT2D eigenvalue weighted by Gasteiger charge is -2.32. The third-order valence-electron chi connectivity index (χ3n) is 6.67. The lowest BCUT2D eigenvalue weighted by Crippen LogP contribution is -2.48. The number of sulfonamides is 1. The summed E-state index contributed by atoms with van der Waals surface area (Å²) in [6.45, 7) is 6.61. The van der Waals surface area contributed by atoms with Gasteiger partial charge in [0.1, 0.15) is 29.1 Å². The van der Waals surface area contributed by atoms with Crippen molar-refractivity contribution in [3.05, 3.63) is 57.4 Å². The van der Waals surface area contributed by atoms with Crippen LogP contribution in [0.4, 0.5) is 4.39 Å². The van der Waals surface area contributed by atoms with E-state index in [4.69, 9.17) is 16.3 Å². The molecule has 0 saturated carbocycles. The number of ether oxygens (including phenoxy) is 1. The molecule has 0 amide bonds. The highest BCUT2D eigenvalue weighted by atomic mass is 35.5. The summed E-state index contributed by atoms with van der Waals surface area (Å²) in [5.74, 6) is -2.78. The van der Waals surface area contributed by atoms with E-state index in [1.165, 1.54) is 25.1 Å². The Bertz CT molecular complexity index is 1220. The first kappa shape index (κ1) is 26.4. The van der Waals surface area contributed by atoms with Crippen molar-refractivity contribution in [1.29, 1.82) is 0 Å². The molecule has 1 aliphatic heterocycles. The van der Waals surface area contributed by atoms with Crippen LogP contribution >= 0.6 is 11.6 Å². The lowest BCUT2D eigenvalue weighted by atomic mass is 9.87. The van der Waals surface area contributed by atoms with Gasteiger partial charge in [-0.15, -0.1) is 0 Å². The number of carbonyl (C=O) groups is 1. The molecule has 34 heavy (non-hydrogen) atoms. The third kappa shape index (κ3) is 4.54. The molecular formula is C24H30ClFN2O5S. The van der Waals surface area contributed by atoms with E-state index < -0.39 is 33.8 Å². The molecule has 1 heterocycles. The number of aryl methyl sites for hydroxylation is 1. The van der Waals surface area contributed by atoms with Gasteiger partial charge in [0.15, 0.2) is 0 Å². The van der Waals surface area contributed by atoms with E-state index in [-0.39, 0.29) is 35.4 Å². The van der Waals surface area contributed by atoms with Gasteiger partial charge in [-0.3, -0.25) is 4.79 Å². The molecule has 1 N–H and O–H groups in total. The molecule has 10 heteroatoms. The van der Waals surface area contributed by atoms with E-state index in [9.17, 15) is 22.7 Å². The van der Waals surface area contributed by atoms with E-state index >= 15 is 0 Å². The average Bonchev–Trinajstić information content (AvgIpc) is 2.86. The van der Waals surface area contributed by atoms with Crippen LogP contribution in [0.25, 0.3) is 0 Å². The van der Waals surface area contributed by atoms with E-state index in [1.807, 2.05) is 25.9 Å². The molecule has 0 saturated heterocycles. The first-order chi connectivity index (χ1) is 15.8. The van der Waals surface area contributed by atoms with Crippen molar-refractivity contribution in [2.75, 3.05) is 27.2 Å². The van der Waals surface area contributed by atoms with Crippen molar-refractivity contribution in [2.24, 2.45) is 0 Å². The second kappa shape index (κ2) is 9.81. The van der Waals surface area contributed by atoms with Crippen LogP contribution in [-0.2, 0) is 14.8 Å². The second-order valence-corrected chi connectivity index (χ2v) is 11.1. The van der Waals surface area contributed by atoms with Gasteiger partial charge < -0.3 is 14.7 Å². The summed E-state index contributed by atoms with van der Waals surface area (Å²) in [5.41, 5.74) is 2.08. The van der Waals surface area contributed by atoms with Crippen molar-refractivity contribution in [3.63, 3.8) is 0 Å². The number of nitrogens with zero attached hydrogens (tertiary/aromatic N) is 2. The zero-order valence-corrected chi connectivity index (χ0v) is 21.7. The zero-order valence-electron chi connectivity index (χ0n) is 20.1. The molecule has 0 aliphatic carbocycles. The summed E-state index contributed by atoms with van der Waals surface area (Å²) < 4.78 is 49.3. The minimum atomic E-state index is -4.32. The quantitative estimate of drug-likeness (QED) is 0.619. The van der Waals surface area contributed by atoms with Gasteiger partial charge in [-0.1, -0.05) is 24.6 Å². The number of fused-ring (bicyclic) bond motifs is 1. The molecule has 2 aromatic rings. The zero-order chi connectivity index (χ0) is 25.5. The number of rotatable bonds is 6. The first-order valence-electron chi connectivity index (χ1n) is 10.9. The van der Waals surface area contributed by atoms with Crippen LogP contribution in [-0.4, -0.2) is 62.0 Å². The number of hydrogen-bond donors (Lipinski definition) is 1. The maximum Gasteiger partial charge on any atom is 0.322 e. The Morgan fingerprint density at radius 2 is 1.82 bits per heavy atom. The van der Waals surface area contributed by atoms with Crippen molar-refractivity contribution in [2.45, 2.75) is 50.6 Å². The maximum atomic E-state index is 14.8. The molecule has 0 radical (unpaired) electrons. The van der Waals surface area contributed by atoms with Crippen molar-refractivity contribution in [1.82, 2.24) is 9.21 Å². The fourth-order valence-electron chi connectivity index (χ4n) is 4.44. The monoisotopic (exact) mass is 512 g/mol. The lowest BCUT2D eigenvalue weighted by molar-refractivity contribution is -0.142. The summed E-state index contributed by atoms with van der Waals surface area (Å²) in [4.78, 5) is 14.2. The second-order valence-electron chi connectivity index (χ2n) is 8.87. The summed E-state index contributed by atoms with van der Waals surface area (Å²) >= 11 is 6.43. The molecule has 3 rings (SSSR count). The highest BCUT2D eigenvalue weighted by Crippen LogP contribution is 2.43. The molecule has 1 aliphatic rings. The van der Waals surface area contributed by atoms with Crippen LogP contribution in [0.5, 0.6) is 5.75 Å². The van der Waals surface area contributed by atoms with Crippen LogP contribution in [0.2, 0.25) is 5.02 Å². The number of aliphatic carboxylic acids is 1. The first-order valence-corrected chi connectivity index (χ1v) is 12.7. The molecule has 7 nitrogen and oxygen atoms in total. The number of halogens is 2. The van der Waals surface area contributed by atoms with E-state index in [2.05, 4.69) is 0 Å². The summed E-state index contributed by atoms with van der Waals surface area (Å²) in [6, 6.07) is 3.89. The molecule has 3 atom stereocenters. The maximum absolute atomic E-state index is 14.8. The van der Waals surface area contributed by atoms with Gasteiger partial charge in [0.05, 0.1) is 0 Å². The highest BCUT2D eigenvalue weighted by molar-refractivity contribution is 7.89. The van der Waals surface area contributed by atoms with Gasteiger partial charge in [0.2, 0.25) is 10.0 Å². The van der Waals surface area contributed by atoms with Crippen LogP contribution in [0.15, 0.2) is 29.2 Å². The smallest absolute Gasteiger partial charge is 0.322 e. The third-order valence-corrected chi connectivity index (χ3v) is 8.90. The Morgan fingerprint density at radius 1 is 1.18 bits per heavy atom. The minimum Gasteiger partial charge on any atom is -0.490 e. The SMILES string of the molecule is Cc1ccc(F)c([C@@H](C)[C@@H](C(=O)O)N2CCOc3c(ccc(Cl)c3C(C)N(C)C)S2(=O)=O)c1C. The Labute approximate surface area is 205 Å². The normalized spacial score (nSPS) is 18.5. The van der Waals surface area contributed by atoms with Crippen molar-refractivity contribution in [3.8, 4) is 5.75 Å². The molecule has 0 spiro atoms. The Kier molecular flexibility index (Phi) is 7.62. The van der Waals surface area contributed by atoms with Gasteiger partial charge in [0.25, 0.3) is 0 Å². The number of carboxylic acids is 1. The van der Waals surface area contributed by atoms with Crippen LogP contribution in [0.3, 0.4) is 0 Å². The number of carboxylic acid groups (broad SMARTS) is 1. The molecule has 1 unspecified atom stereocenters. The Hall–Kier alpha value is -2.20. The van der Waals surface area contributed by atoms with Crippen molar-refractivity contribution >= 4 is 27.6 Å². The fourth-order valence-corrected chi connectivity index (χ4v) is 6.52. The van der Waals surface area contributed by atoms with Gasteiger partial charge in [0, 0.05) is 29.1 Å². The van der Waals surface area contributed by atoms with Gasteiger partial charge in [-0.05, 0) is 69.8 Å². The molecule has 2 aromatic carbocycles. The van der Waals surface area contributed by atoms with E-state index in [0.29, 0.717) is 16.1 Å². The van der Waals surface area contributed by atoms with E-state index in [0.717, 1.165) is 9.87 Å².